The zero-order valence-corrected chi connectivity index (χ0v) is 16.8. The number of H-pyrrole nitrogens is 1. The smallest absolute Gasteiger partial charge is 0.259 e. The normalized spacial score (nSPS) is 12.1. The minimum Gasteiger partial charge on any atom is -0.457 e. The molecule has 2 aromatic carbocycles. The predicted molar refractivity (Wildman–Crippen MR) is 115 cm³/mol. The van der Waals surface area contributed by atoms with Gasteiger partial charge in [-0.1, -0.05) is 18.2 Å². The van der Waals surface area contributed by atoms with Gasteiger partial charge >= 0.3 is 0 Å². The molecule has 4 rings (SSSR count). The van der Waals surface area contributed by atoms with E-state index in [1.807, 2.05) is 75.4 Å². The van der Waals surface area contributed by atoms with Crippen molar-refractivity contribution in [1.29, 1.82) is 0 Å². The Hall–Kier alpha value is -3.12. The third-order valence-corrected chi connectivity index (χ3v) is 5.79. The van der Waals surface area contributed by atoms with Crippen molar-refractivity contribution in [2.24, 2.45) is 0 Å². The van der Waals surface area contributed by atoms with Crippen LogP contribution in [-0.2, 0) is 0 Å². The van der Waals surface area contributed by atoms with Gasteiger partial charge in [-0.25, -0.2) is 4.98 Å². The highest BCUT2D eigenvalue weighted by Gasteiger charge is 2.15. The minimum atomic E-state index is -0.138. The zero-order valence-electron chi connectivity index (χ0n) is 15.9. The van der Waals surface area contributed by atoms with E-state index in [2.05, 4.69) is 15.3 Å². The average Bonchev–Trinajstić information content (AvgIpc) is 2.98. The Kier molecular flexibility index (Phi) is 4.88. The largest absolute Gasteiger partial charge is 0.457 e. The molecule has 1 atom stereocenters. The third-order valence-electron chi connectivity index (χ3n) is 4.68. The van der Waals surface area contributed by atoms with Crippen molar-refractivity contribution in [1.82, 2.24) is 9.97 Å². The molecule has 2 heterocycles. The predicted octanol–water partition coefficient (Wildman–Crippen LogP) is 5.57. The summed E-state index contributed by atoms with van der Waals surface area (Å²) in [7, 11) is 0. The van der Waals surface area contributed by atoms with Gasteiger partial charge in [0.25, 0.3) is 5.56 Å². The van der Waals surface area contributed by atoms with E-state index in [-0.39, 0.29) is 11.6 Å². The van der Waals surface area contributed by atoms with Gasteiger partial charge in [0.1, 0.15) is 22.2 Å². The zero-order chi connectivity index (χ0) is 19.7. The summed E-state index contributed by atoms with van der Waals surface area (Å²) in [5.41, 5.74) is 1.85. The lowest BCUT2D eigenvalue weighted by Crippen LogP contribution is -2.17. The third kappa shape index (κ3) is 3.64. The molecule has 4 aromatic rings. The Bertz CT molecular complexity index is 1160. The summed E-state index contributed by atoms with van der Waals surface area (Å²) < 4.78 is 5.81. The van der Waals surface area contributed by atoms with E-state index < -0.39 is 0 Å². The Morgan fingerprint density at radius 3 is 2.43 bits per heavy atom. The van der Waals surface area contributed by atoms with E-state index in [4.69, 9.17) is 4.74 Å². The molecule has 0 bridgehead atoms. The first-order chi connectivity index (χ1) is 13.5. The topological polar surface area (TPSA) is 67.0 Å². The van der Waals surface area contributed by atoms with Crippen LogP contribution in [0.3, 0.4) is 0 Å². The molecule has 0 aliphatic carbocycles. The van der Waals surface area contributed by atoms with E-state index in [1.165, 1.54) is 0 Å². The van der Waals surface area contributed by atoms with Gasteiger partial charge in [-0.2, -0.15) is 0 Å². The van der Waals surface area contributed by atoms with Crippen LogP contribution >= 0.6 is 11.3 Å². The van der Waals surface area contributed by atoms with Crippen LogP contribution in [0.4, 0.5) is 5.69 Å². The molecule has 0 aliphatic rings. The van der Waals surface area contributed by atoms with Gasteiger partial charge < -0.3 is 15.0 Å². The Morgan fingerprint density at radius 1 is 1.04 bits per heavy atom. The van der Waals surface area contributed by atoms with Crippen molar-refractivity contribution >= 4 is 27.2 Å². The van der Waals surface area contributed by atoms with Crippen LogP contribution in [0.25, 0.3) is 10.2 Å². The Labute approximate surface area is 167 Å². The summed E-state index contributed by atoms with van der Waals surface area (Å²) in [5.74, 6) is 2.19. The molecule has 0 aliphatic heterocycles. The van der Waals surface area contributed by atoms with E-state index in [1.54, 1.807) is 11.3 Å². The lowest BCUT2D eigenvalue weighted by atomic mass is 10.2. The summed E-state index contributed by atoms with van der Waals surface area (Å²) in [6, 6.07) is 17.2. The fraction of sp³-hybridized carbons (Fsp3) is 0.182. The number of nitrogens with one attached hydrogen (secondary N) is 2. The van der Waals surface area contributed by atoms with E-state index in [9.17, 15) is 4.79 Å². The number of anilines is 1. The van der Waals surface area contributed by atoms with Crippen LogP contribution in [0.2, 0.25) is 0 Å². The van der Waals surface area contributed by atoms with Crippen molar-refractivity contribution in [3.63, 3.8) is 0 Å². The van der Waals surface area contributed by atoms with Crippen molar-refractivity contribution in [3.8, 4) is 11.5 Å². The molecule has 0 radical (unpaired) electrons. The van der Waals surface area contributed by atoms with Crippen LogP contribution < -0.4 is 15.6 Å². The second-order valence-electron chi connectivity index (χ2n) is 6.72. The number of rotatable bonds is 5. The number of para-hydroxylation sites is 1. The molecule has 28 heavy (non-hydrogen) atoms. The number of aryl methyl sites for hydroxylation is 2. The van der Waals surface area contributed by atoms with E-state index in [0.717, 1.165) is 32.5 Å². The monoisotopic (exact) mass is 391 g/mol. The van der Waals surface area contributed by atoms with Gasteiger partial charge in [-0.3, -0.25) is 4.79 Å². The van der Waals surface area contributed by atoms with Gasteiger partial charge in [0.15, 0.2) is 0 Å². The van der Waals surface area contributed by atoms with Gasteiger partial charge in [-0.05, 0) is 62.7 Å². The Morgan fingerprint density at radius 2 is 1.71 bits per heavy atom. The summed E-state index contributed by atoms with van der Waals surface area (Å²) in [4.78, 5) is 22.0. The van der Waals surface area contributed by atoms with E-state index in [0.29, 0.717) is 11.2 Å². The molecule has 2 aromatic heterocycles. The molecule has 2 N–H and O–H groups in total. The fourth-order valence-electron chi connectivity index (χ4n) is 3.04. The number of nitrogens with zero attached hydrogens (tertiary/aromatic N) is 1. The molecule has 5 nitrogen and oxygen atoms in total. The highest BCUT2D eigenvalue weighted by molar-refractivity contribution is 7.18. The highest BCUT2D eigenvalue weighted by atomic mass is 32.1. The molecular formula is C22H21N3O2S. The number of thiophene rings is 1. The molecule has 0 amide bonds. The van der Waals surface area contributed by atoms with Gasteiger partial charge in [0.2, 0.25) is 0 Å². The number of aromatic amines is 1. The number of ether oxygens (including phenoxy) is 1. The maximum Gasteiger partial charge on any atom is 0.259 e. The molecule has 1 unspecified atom stereocenters. The maximum absolute atomic E-state index is 12.5. The molecule has 0 fully saturated rings. The van der Waals surface area contributed by atoms with Gasteiger partial charge in [0, 0.05) is 10.6 Å². The summed E-state index contributed by atoms with van der Waals surface area (Å²) in [5, 5.41) is 4.07. The maximum atomic E-state index is 12.5. The van der Waals surface area contributed by atoms with Gasteiger partial charge in [0.05, 0.1) is 11.4 Å². The standard InChI is InChI=1S/C22H21N3O2S/c1-13-15(3)28-22-19(13)21(26)24-20(25-22)14(2)23-16-9-11-18(12-10-16)27-17-7-5-4-6-8-17/h4-12,14,23H,1-3H3,(H,24,25,26). The van der Waals surface area contributed by atoms with E-state index >= 15 is 0 Å². The second-order valence-corrected chi connectivity index (χ2v) is 7.92. The first-order valence-corrected chi connectivity index (χ1v) is 9.92. The number of hydrogen-bond donors (Lipinski definition) is 2. The van der Waals surface area contributed by atoms with Crippen LogP contribution in [0, 0.1) is 13.8 Å². The average molecular weight is 391 g/mol. The summed E-state index contributed by atoms with van der Waals surface area (Å²) >= 11 is 1.56. The summed E-state index contributed by atoms with van der Waals surface area (Å²) in [6.45, 7) is 5.96. The Balaban J connectivity index is 1.51. The van der Waals surface area contributed by atoms with Gasteiger partial charge in [-0.15, -0.1) is 11.3 Å². The minimum absolute atomic E-state index is 0.0814. The van der Waals surface area contributed by atoms with Crippen molar-refractivity contribution in [3.05, 3.63) is 81.2 Å². The molecule has 0 spiro atoms. The molecule has 0 saturated heterocycles. The lowest BCUT2D eigenvalue weighted by Gasteiger charge is -2.15. The highest BCUT2D eigenvalue weighted by Crippen LogP contribution is 2.28. The van der Waals surface area contributed by atoms with Crippen LogP contribution in [0.15, 0.2) is 59.4 Å². The molecule has 0 saturated carbocycles. The molecule has 142 valence electrons. The second kappa shape index (κ2) is 7.48. The fourth-order valence-corrected chi connectivity index (χ4v) is 4.08. The number of hydrogen-bond acceptors (Lipinski definition) is 5. The van der Waals surface area contributed by atoms with Crippen molar-refractivity contribution in [2.45, 2.75) is 26.8 Å². The quantitative estimate of drug-likeness (QED) is 0.467. The van der Waals surface area contributed by atoms with Crippen LogP contribution in [-0.4, -0.2) is 9.97 Å². The first kappa shape index (κ1) is 18.3. The lowest BCUT2D eigenvalue weighted by molar-refractivity contribution is 0.483. The van der Waals surface area contributed by atoms with Crippen molar-refractivity contribution in [2.75, 3.05) is 5.32 Å². The molecule has 6 heteroatoms. The SMILES string of the molecule is Cc1sc2nc(C(C)Nc3ccc(Oc4ccccc4)cc3)[nH]c(=O)c2c1C. The van der Waals surface area contributed by atoms with Crippen molar-refractivity contribution < 1.29 is 4.74 Å². The van der Waals surface area contributed by atoms with Crippen LogP contribution in [0.5, 0.6) is 11.5 Å². The summed E-state index contributed by atoms with van der Waals surface area (Å²) in [6.07, 6.45) is 0. The van der Waals surface area contributed by atoms with Crippen LogP contribution in [0.1, 0.15) is 29.2 Å². The first-order valence-electron chi connectivity index (χ1n) is 9.10. The number of fused-ring (bicyclic) bond motifs is 1. The number of aromatic nitrogens is 2. The molecular weight excluding hydrogens is 370 g/mol. The number of benzene rings is 2.